The van der Waals surface area contributed by atoms with Gasteiger partial charge in [0.15, 0.2) is 17.2 Å². The van der Waals surface area contributed by atoms with Gasteiger partial charge in [0.2, 0.25) is 5.95 Å². The predicted octanol–water partition coefficient (Wildman–Crippen LogP) is 3.51. The molecule has 2 aromatic carbocycles. The van der Waals surface area contributed by atoms with Gasteiger partial charge in [-0.05, 0) is 43.2 Å². The Morgan fingerprint density at radius 1 is 1.25 bits per heavy atom. The average molecular weight is 617 g/mol. The quantitative estimate of drug-likeness (QED) is 0.214. The number of nitrogens with one attached hydrogen (secondary N) is 2. The molecule has 0 unspecified atom stereocenters. The van der Waals surface area contributed by atoms with Gasteiger partial charge in [0.25, 0.3) is 0 Å². The summed E-state index contributed by atoms with van der Waals surface area (Å²) < 4.78 is 6.67. The first-order valence-corrected chi connectivity index (χ1v) is 14.1. The Balaban J connectivity index is 1.50. The highest BCUT2D eigenvalue weighted by Gasteiger charge is 2.30. The molecule has 1 saturated heterocycles. The predicted molar refractivity (Wildman–Crippen MR) is 162 cm³/mol. The highest BCUT2D eigenvalue weighted by atomic mass is 35.5. The molecule has 226 valence electrons. The number of amides is 1. The number of nitrogens with zero attached hydrogens (tertiary/aromatic N) is 8. The van der Waals surface area contributed by atoms with Gasteiger partial charge in [-0.1, -0.05) is 23.7 Å². The van der Waals surface area contributed by atoms with Crippen molar-refractivity contribution in [2.45, 2.75) is 32.0 Å². The zero-order valence-electron chi connectivity index (χ0n) is 23.9. The first kappa shape index (κ1) is 30.2. The summed E-state index contributed by atoms with van der Waals surface area (Å²) in [6, 6.07) is 14.4. The fourth-order valence-electron chi connectivity index (χ4n) is 5.09. The highest BCUT2D eigenvalue weighted by molar-refractivity contribution is 6.36. The molecule has 44 heavy (non-hydrogen) atoms. The lowest BCUT2D eigenvalue weighted by molar-refractivity contribution is 0.108. The molecular weight excluding hydrogens is 588 g/mol. The molecule has 0 radical (unpaired) electrons. The zero-order valence-corrected chi connectivity index (χ0v) is 24.7. The van der Waals surface area contributed by atoms with Crippen molar-refractivity contribution >= 4 is 46.5 Å². The zero-order chi connectivity index (χ0) is 31.4. The van der Waals surface area contributed by atoms with Crippen molar-refractivity contribution in [2.75, 3.05) is 41.9 Å². The summed E-state index contributed by atoms with van der Waals surface area (Å²) in [4.78, 5) is 24.0. The Morgan fingerprint density at radius 2 is 2.02 bits per heavy atom. The maximum atomic E-state index is 11.1. The van der Waals surface area contributed by atoms with Gasteiger partial charge in [-0.15, -0.1) is 5.10 Å². The van der Waals surface area contributed by atoms with Crippen LogP contribution in [0.4, 0.5) is 27.9 Å². The molecule has 0 saturated carbocycles. The summed E-state index contributed by atoms with van der Waals surface area (Å²) in [5.41, 5.74) is 2.72. The van der Waals surface area contributed by atoms with Crippen LogP contribution in [0.25, 0.3) is 5.65 Å². The Labute approximate surface area is 257 Å². The number of β-amino-alcohol motifs (C(OH)–C–C–N with tert-alkyl or cyclic N) is 1. The van der Waals surface area contributed by atoms with Crippen LogP contribution in [0, 0.1) is 22.7 Å². The number of fused-ring (bicyclic) bond motifs is 1. The number of halogens is 1. The number of aromatic nitrogens is 4. The smallest absolute Gasteiger partial charge is 0.404 e. The van der Waals surface area contributed by atoms with Gasteiger partial charge in [0.05, 0.1) is 53.5 Å². The lowest BCUT2D eigenvalue weighted by atomic mass is 10.0. The molecule has 3 heterocycles. The topological polar surface area (TPSA) is 188 Å². The molecule has 2 aromatic heterocycles. The number of nitriles is 2. The van der Waals surface area contributed by atoms with Crippen molar-refractivity contribution < 1.29 is 19.7 Å². The number of carbonyl (C=O) groups is 1. The summed E-state index contributed by atoms with van der Waals surface area (Å²) >= 11 is 6.85. The van der Waals surface area contributed by atoms with E-state index in [9.17, 15) is 20.4 Å². The molecule has 1 amide bonds. The fraction of sp³-hybridized carbons (Fsp3) is 0.310. The van der Waals surface area contributed by atoms with Crippen LogP contribution in [0.5, 0.6) is 5.75 Å². The van der Waals surface area contributed by atoms with E-state index in [4.69, 9.17) is 26.4 Å². The summed E-state index contributed by atoms with van der Waals surface area (Å²) in [5.74, 6) is 1.33. The van der Waals surface area contributed by atoms with E-state index in [-0.39, 0.29) is 23.2 Å². The van der Waals surface area contributed by atoms with Crippen LogP contribution in [0.1, 0.15) is 30.2 Å². The van der Waals surface area contributed by atoms with Gasteiger partial charge in [-0.2, -0.15) is 20.0 Å². The minimum atomic E-state index is -1.21. The number of anilines is 4. The fourth-order valence-corrected chi connectivity index (χ4v) is 5.36. The number of imidazole rings is 1. The van der Waals surface area contributed by atoms with Gasteiger partial charge in [-0.25, -0.2) is 9.78 Å². The minimum absolute atomic E-state index is 0.100. The minimum Gasteiger partial charge on any atom is -0.497 e. The number of piperidine rings is 1. The first-order chi connectivity index (χ1) is 21.2. The Kier molecular flexibility index (Phi) is 8.85. The summed E-state index contributed by atoms with van der Waals surface area (Å²) in [6.07, 6.45) is -0.431. The van der Waals surface area contributed by atoms with E-state index >= 15 is 0 Å². The van der Waals surface area contributed by atoms with Crippen LogP contribution < -0.4 is 25.2 Å². The Bertz CT molecular complexity index is 1770. The number of methoxy groups -OCH3 is 1. The van der Waals surface area contributed by atoms with Crippen LogP contribution >= 0.6 is 11.6 Å². The standard InChI is InChI=1S/C29H29ClN10O4/c1-3-38(15-17-4-6-20(44-2)7-5-17)27-26-33-14-19(13-32)40(26)37-28(36-27)34-22-10-18(12-31)11-23(25(22)30)39-9-8-21(24(41)16-39)35-29(42)43/h4-7,10-11,14,21,24,35,41H,3,8-9,15-16H2,1-2H3,(H,34,37)(H,42,43)/t21-,24-/m1/s1. The largest absolute Gasteiger partial charge is 0.497 e. The third-order valence-corrected chi connectivity index (χ3v) is 7.73. The number of benzene rings is 2. The lowest BCUT2D eigenvalue weighted by Crippen LogP contribution is -2.54. The number of aliphatic hydroxyl groups is 1. The first-order valence-electron chi connectivity index (χ1n) is 13.7. The second kappa shape index (κ2) is 12.9. The van der Waals surface area contributed by atoms with E-state index in [1.165, 1.54) is 10.7 Å². The number of ether oxygens (including phenoxy) is 1. The van der Waals surface area contributed by atoms with Gasteiger partial charge in [-0.3, -0.25) is 0 Å². The monoisotopic (exact) mass is 616 g/mol. The number of aliphatic hydroxyl groups excluding tert-OH is 1. The summed E-state index contributed by atoms with van der Waals surface area (Å²) in [7, 11) is 1.61. The van der Waals surface area contributed by atoms with Crippen molar-refractivity contribution in [1.29, 1.82) is 10.5 Å². The lowest BCUT2D eigenvalue weighted by Gasteiger charge is -2.37. The van der Waals surface area contributed by atoms with Crippen LogP contribution in [0.15, 0.2) is 42.6 Å². The maximum Gasteiger partial charge on any atom is 0.404 e. The second-order valence-corrected chi connectivity index (χ2v) is 10.4. The number of hydrogen-bond acceptors (Lipinski definition) is 11. The third-order valence-electron chi connectivity index (χ3n) is 7.33. The molecule has 0 bridgehead atoms. The molecular formula is C29H29ClN10O4. The molecule has 1 aliphatic rings. The number of carboxylic acid groups (broad SMARTS) is 1. The van der Waals surface area contributed by atoms with Crippen molar-refractivity contribution in [2.24, 2.45) is 0 Å². The van der Waals surface area contributed by atoms with Crippen LogP contribution in [-0.2, 0) is 6.54 Å². The van der Waals surface area contributed by atoms with Crippen molar-refractivity contribution in [3.05, 3.63) is 64.4 Å². The van der Waals surface area contributed by atoms with Crippen LogP contribution in [0.2, 0.25) is 5.02 Å². The normalized spacial score (nSPS) is 16.2. The van der Waals surface area contributed by atoms with E-state index in [2.05, 4.69) is 32.9 Å². The molecule has 14 nitrogen and oxygen atoms in total. The maximum absolute atomic E-state index is 11.1. The third kappa shape index (κ3) is 6.22. The van der Waals surface area contributed by atoms with Crippen LogP contribution in [-0.4, -0.2) is 74.8 Å². The van der Waals surface area contributed by atoms with Gasteiger partial charge in [0.1, 0.15) is 11.8 Å². The summed E-state index contributed by atoms with van der Waals surface area (Å²) in [5, 5.41) is 49.3. The molecule has 4 N–H and O–H groups in total. The van der Waals surface area contributed by atoms with E-state index in [1.807, 2.05) is 36.1 Å². The molecule has 0 spiro atoms. The van der Waals surface area contributed by atoms with Crippen molar-refractivity contribution in [3.63, 3.8) is 0 Å². The molecule has 1 fully saturated rings. The van der Waals surface area contributed by atoms with E-state index in [0.29, 0.717) is 54.5 Å². The molecule has 0 aliphatic carbocycles. The molecule has 2 atom stereocenters. The average Bonchev–Trinajstić information content (AvgIpc) is 3.44. The van der Waals surface area contributed by atoms with Gasteiger partial charge in [0, 0.05) is 26.2 Å². The van der Waals surface area contributed by atoms with Gasteiger partial charge < -0.3 is 35.4 Å². The molecule has 4 aromatic rings. The van der Waals surface area contributed by atoms with Crippen molar-refractivity contribution in [1.82, 2.24) is 24.9 Å². The van der Waals surface area contributed by atoms with Crippen LogP contribution in [0.3, 0.4) is 0 Å². The SMILES string of the molecule is CCN(Cc1ccc(OC)cc1)c1nc(Nc2cc(C#N)cc(N3CC[C@@H](NC(=O)O)[C@H](O)C3)c2Cl)nn2c(C#N)cnc12. The van der Waals surface area contributed by atoms with Gasteiger partial charge >= 0.3 is 6.09 Å². The second-order valence-electron chi connectivity index (χ2n) is 10.1. The van der Waals surface area contributed by atoms with E-state index < -0.39 is 18.2 Å². The number of hydrogen-bond donors (Lipinski definition) is 4. The highest BCUT2D eigenvalue weighted by Crippen LogP contribution is 2.37. The Morgan fingerprint density at radius 3 is 2.66 bits per heavy atom. The number of rotatable bonds is 9. The molecule has 5 rings (SSSR count). The van der Waals surface area contributed by atoms with Crippen molar-refractivity contribution in [3.8, 4) is 17.9 Å². The Hall–Kier alpha value is -5.31. The molecule has 15 heteroatoms. The molecule has 1 aliphatic heterocycles. The van der Waals surface area contributed by atoms with E-state index in [1.54, 1.807) is 24.1 Å². The van der Waals surface area contributed by atoms with E-state index in [0.717, 1.165) is 11.3 Å². The summed E-state index contributed by atoms with van der Waals surface area (Å²) in [6.45, 7) is 3.53.